The third kappa shape index (κ3) is 5.92. The Morgan fingerprint density at radius 3 is 2.44 bits per heavy atom. The summed E-state index contributed by atoms with van der Waals surface area (Å²) in [6.45, 7) is 7.93. The van der Waals surface area contributed by atoms with Crippen LogP contribution in [-0.4, -0.2) is 31.7 Å². The summed E-state index contributed by atoms with van der Waals surface area (Å²) in [5.74, 6) is 0.350. The number of hydrogen-bond donors (Lipinski definition) is 1. The summed E-state index contributed by atoms with van der Waals surface area (Å²) in [7, 11) is 0. The molecule has 3 rings (SSSR count). The molecule has 2 aromatic carbocycles. The predicted molar refractivity (Wildman–Crippen MR) is 140 cm³/mol. The second-order valence-corrected chi connectivity index (χ2v) is 9.36. The maximum Gasteiger partial charge on any atom is 0.341 e. The molecule has 34 heavy (non-hydrogen) atoms. The first-order valence-electron chi connectivity index (χ1n) is 10.7. The zero-order valence-electron chi connectivity index (χ0n) is 19.3. The fourth-order valence-electron chi connectivity index (χ4n) is 3.28. The number of halogens is 2. The Balaban J connectivity index is 1.81. The van der Waals surface area contributed by atoms with Crippen LogP contribution < -0.4 is 14.8 Å². The molecule has 0 fully saturated rings. The van der Waals surface area contributed by atoms with Gasteiger partial charge in [-0.2, -0.15) is 0 Å². The molecule has 1 heterocycles. The van der Waals surface area contributed by atoms with Gasteiger partial charge in [-0.15, -0.1) is 11.3 Å². The summed E-state index contributed by atoms with van der Waals surface area (Å²) >= 11 is 11.0. The van der Waals surface area contributed by atoms with E-state index in [1.807, 2.05) is 50.4 Å². The highest BCUT2D eigenvalue weighted by molar-refractivity contribution is 9.10. The first kappa shape index (κ1) is 26.1. The molecule has 0 aliphatic carbocycles. The fraction of sp³-hybridized carbons (Fsp3) is 0.280. The first-order valence-corrected chi connectivity index (χ1v) is 12.7. The van der Waals surface area contributed by atoms with Crippen molar-refractivity contribution in [2.75, 3.05) is 25.1 Å². The number of thiophene rings is 1. The van der Waals surface area contributed by atoms with E-state index in [1.54, 1.807) is 13.0 Å². The Hall–Kier alpha value is -2.55. The van der Waals surface area contributed by atoms with E-state index in [9.17, 15) is 9.59 Å². The summed E-state index contributed by atoms with van der Waals surface area (Å²) in [6, 6.07) is 9.18. The molecular formula is C25H25BrClNO5S. The maximum absolute atomic E-state index is 12.8. The van der Waals surface area contributed by atoms with E-state index in [2.05, 4.69) is 21.2 Å². The quantitative estimate of drug-likeness (QED) is 0.281. The van der Waals surface area contributed by atoms with E-state index in [1.165, 1.54) is 11.3 Å². The van der Waals surface area contributed by atoms with Crippen molar-refractivity contribution in [2.24, 2.45) is 0 Å². The van der Waals surface area contributed by atoms with Crippen molar-refractivity contribution in [3.05, 3.63) is 61.9 Å². The number of hydrogen-bond acceptors (Lipinski definition) is 6. The van der Waals surface area contributed by atoms with Crippen molar-refractivity contribution >= 4 is 55.7 Å². The number of amides is 1. The van der Waals surface area contributed by atoms with Gasteiger partial charge in [0.25, 0.3) is 5.91 Å². The molecule has 3 aromatic rings. The molecular weight excluding hydrogens is 542 g/mol. The minimum Gasteiger partial charge on any atom is -0.494 e. The van der Waals surface area contributed by atoms with Crippen LogP contribution in [0.5, 0.6) is 11.5 Å². The Kier molecular flexibility index (Phi) is 8.99. The molecule has 1 amide bonds. The predicted octanol–water partition coefficient (Wildman–Crippen LogP) is 7.04. The summed E-state index contributed by atoms with van der Waals surface area (Å²) in [5.41, 5.74) is 3.48. The lowest BCUT2D eigenvalue weighted by Crippen LogP contribution is -2.21. The van der Waals surface area contributed by atoms with E-state index in [0.717, 1.165) is 22.4 Å². The molecule has 0 aliphatic heterocycles. The van der Waals surface area contributed by atoms with Gasteiger partial charge in [-0.05, 0) is 78.5 Å². The zero-order chi connectivity index (χ0) is 24.8. The molecule has 6 nitrogen and oxygen atoms in total. The van der Waals surface area contributed by atoms with Crippen LogP contribution in [0, 0.1) is 13.8 Å². The van der Waals surface area contributed by atoms with Crippen molar-refractivity contribution < 1.29 is 23.8 Å². The van der Waals surface area contributed by atoms with Crippen LogP contribution in [-0.2, 0) is 9.53 Å². The van der Waals surface area contributed by atoms with Gasteiger partial charge >= 0.3 is 5.97 Å². The molecule has 0 atom stereocenters. The standard InChI is InChI=1S/C25H25BrClNO5S/c1-5-31-17-9-7-16(8-10-17)18-13-34-24(21(18)25(30)32-6-2)28-20(29)12-33-19-11-14(3)23(27)15(4)22(19)26/h7-11,13H,5-6,12H2,1-4H3,(H,28,29). The number of rotatable bonds is 9. The van der Waals surface area contributed by atoms with Gasteiger partial charge in [-0.25, -0.2) is 4.79 Å². The van der Waals surface area contributed by atoms with Crippen molar-refractivity contribution in [1.82, 2.24) is 0 Å². The van der Waals surface area contributed by atoms with Gasteiger partial charge in [0, 0.05) is 16.0 Å². The number of ether oxygens (including phenoxy) is 3. The fourth-order valence-corrected chi connectivity index (χ4v) is 4.94. The van der Waals surface area contributed by atoms with Gasteiger partial charge < -0.3 is 19.5 Å². The Morgan fingerprint density at radius 2 is 1.79 bits per heavy atom. The van der Waals surface area contributed by atoms with Crippen LogP contribution in [0.4, 0.5) is 5.00 Å². The van der Waals surface area contributed by atoms with Crippen molar-refractivity contribution in [1.29, 1.82) is 0 Å². The topological polar surface area (TPSA) is 73.9 Å². The van der Waals surface area contributed by atoms with Crippen LogP contribution in [0.1, 0.15) is 35.3 Å². The SMILES string of the molecule is CCOC(=O)c1c(-c2ccc(OCC)cc2)csc1NC(=O)COc1cc(C)c(Cl)c(C)c1Br. The Labute approximate surface area is 216 Å². The van der Waals surface area contributed by atoms with Crippen molar-refractivity contribution in [3.63, 3.8) is 0 Å². The number of anilines is 1. The van der Waals surface area contributed by atoms with E-state index in [4.69, 9.17) is 25.8 Å². The second-order valence-electron chi connectivity index (χ2n) is 7.31. The average molecular weight is 567 g/mol. The van der Waals surface area contributed by atoms with Gasteiger partial charge in [0.05, 0.1) is 17.7 Å². The zero-order valence-corrected chi connectivity index (χ0v) is 22.4. The molecule has 0 aliphatic rings. The average Bonchev–Trinajstić information content (AvgIpc) is 3.23. The first-order chi connectivity index (χ1) is 16.3. The second kappa shape index (κ2) is 11.7. The number of nitrogens with one attached hydrogen (secondary N) is 1. The van der Waals surface area contributed by atoms with Crippen LogP contribution >= 0.6 is 38.9 Å². The lowest BCUT2D eigenvalue weighted by molar-refractivity contribution is -0.118. The number of carbonyl (C=O) groups excluding carboxylic acids is 2. The number of benzene rings is 2. The van der Waals surface area contributed by atoms with E-state index >= 15 is 0 Å². The Morgan fingerprint density at radius 1 is 1.09 bits per heavy atom. The smallest absolute Gasteiger partial charge is 0.341 e. The third-order valence-corrected chi connectivity index (χ3v) is 7.39. The molecule has 180 valence electrons. The monoisotopic (exact) mass is 565 g/mol. The van der Waals surface area contributed by atoms with Gasteiger partial charge in [0.15, 0.2) is 6.61 Å². The van der Waals surface area contributed by atoms with Crippen LogP contribution in [0.25, 0.3) is 11.1 Å². The Bertz CT molecular complexity index is 1190. The molecule has 0 bridgehead atoms. The van der Waals surface area contributed by atoms with E-state index in [0.29, 0.717) is 38.0 Å². The highest BCUT2D eigenvalue weighted by Gasteiger charge is 2.23. The molecule has 0 saturated carbocycles. The van der Waals surface area contributed by atoms with E-state index < -0.39 is 11.9 Å². The molecule has 0 unspecified atom stereocenters. The normalized spacial score (nSPS) is 10.6. The summed E-state index contributed by atoms with van der Waals surface area (Å²) in [6.07, 6.45) is 0. The summed E-state index contributed by atoms with van der Waals surface area (Å²) in [4.78, 5) is 25.5. The summed E-state index contributed by atoms with van der Waals surface area (Å²) in [5, 5.41) is 5.65. The number of aryl methyl sites for hydroxylation is 1. The van der Waals surface area contributed by atoms with Gasteiger partial charge in [0.2, 0.25) is 0 Å². The lowest BCUT2D eigenvalue weighted by Gasteiger charge is -2.13. The van der Waals surface area contributed by atoms with Crippen LogP contribution in [0.3, 0.4) is 0 Å². The van der Waals surface area contributed by atoms with Crippen molar-refractivity contribution in [2.45, 2.75) is 27.7 Å². The summed E-state index contributed by atoms with van der Waals surface area (Å²) < 4.78 is 17.2. The maximum atomic E-state index is 12.8. The largest absolute Gasteiger partial charge is 0.494 e. The minimum atomic E-state index is -0.504. The number of carbonyl (C=O) groups is 2. The highest BCUT2D eigenvalue weighted by Crippen LogP contribution is 2.38. The van der Waals surface area contributed by atoms with E-state index in [-0.39, 0.29) is 13.2 Å². The molecule has 0 radical (unpaired) electrons. The molecule has 9 heteroatoms. The molecule has 1 N–H and O–H groups in total. The molecule has 1 aromatic heterocycles. The third-order valence-electron chi connectivity index (χ3n) is 4.93. The lowest BCUT2D eigenvalue weighted by atomic mass is 10.0. The molecule has 0 saturated heterocycles. The number of esters is 1. The molecule has 0 spiro atoms. The van der Waals surface area contributed by atoms with Gasteiger partial charge in [0.1, 0.15) is 22.1 Å². The van der Waals surface area contributed by atoms with Crippen LogP contribution in [0.15, 0.2) is 40.2 Å². The minimum absolute atomic E-state index is 0.219. The highest BCUT2D eigenvalue weighted by atomic mass is 79.9. The van der Waals surface area contributed by atoms with Crippen LogP contribution in [0.2, 0.25) is 5.02 Å². The van der Waals surface area contributed by atoms with Gasteiger partial charge in [-0.3, -0.25) is 4.79 Å². The van der Waals surface area contributed by atoms with Gasteiger partial charge in [-0.1, -0.05) is 23.7 Å². The van der Waals surface area contributed by atoms with Crippen molar-refractivity contribution in [3.8, 4) is 22.6 Å².